The van der Waals surface area contributed by atoms with Crippen molar-refractivity contribution in [3.8, 4) is 11.5 Å². The molecule has 11 heteroatoms. The normalized spacial score (nSPS) is 13.8. The Morgan fingerprint density at radius 3 is 2.45 bits per heavy atom. The quantitative estimate of drug-likeness (QED) is 0.244. The number of hydrogen-bond donors (Lipinski definition) is 2. The van der Waals surface area contributed by atoms with Gasteiger partial charge in [0, 0.05) is 30.6 Å². The summed E-state index contributed by atoms with van der Waals surface area (Å²) in [5, 5.41) is 12.9. The molecule has 0 aliphatic carbocycles. The Labute approximate surface area is 218 Å². The zero-order chi connectivity index (χ0) is 28.0. The Morgan fingerprint density at radius 1 is 1.13 bits per heavy atom. The lowest BCUT2D eigenvalue weighted by Crippen LogP contribution is -2.39. The summed E-state index contributed by atoms with van der Waals surface area (Å²) in [7, 11) is 0. The Morgan fingerprint density at radius 2 is 1.87 bits per heavy atom. The van der Waals surface area contributed by atoms with E-state index in [0.717, 1.165) is 18.7 Å². The summed E-state index contributed by atoms with van der Waals surface area (Å²) >= 11 is 0. The molecule has 0 fully saturated rings. The third-order valence-corrected chi connectivity index (χ3v) is 6.07. The number of rotatable bonds is 10. The Kier molecular flexibility index (Phi) is 9.26. The number of benzene rings is 1. The Bertz CT molecular complexity index is 1310. The molecule has 7 nitrogen and oxygen atoms in total. The van der Waals surface area contributed by atoms with Crippen molar-refractivity contribution in [2.75, 3.05) is 0 Å². The number of carboxylic acids is 1. The van der Waals surface area contributed by atoms with E-state index in [1.807, 2.05) is 13.8 Å². The van der Waals surface area contributed by atoms with Gasteiger partial charge in [0.15, 0.2) is 5.82 Å². The lowest BCUT2D eigenvalue weighted by atomic mass is 9.96. The van der Waals surface area contributed by atoms with Crippen LogP contribution in [0.2, 0.25) is 0 Å². The number of aromatic nitrogens is 3. The van der Waals surface area contributed by atoms with Gasteiger partial charge in [-0.15, -0.1) is 0 Å². The van der Waals surface area contributed by atoms with Crippen molar-refractivity contribution < 1.29 is 27.5 Å². The fourth-order valence-electron chi connectivity index (χ4n) is 3.71. The molecule has 0 aliphatic heterocycles. The van der Waals surface area contributed by atoms with E-state index in [1.54, 1.807) is 26.0 Å². The van der Waals surface area contributed by atoms with Crippen LogP contribution < -0.4 is 5.32 Å². The predicted molar refractivity (Wildman–Crippen MR) is 136 cm³/mol. The molecule has 202 valence electrons. The summed E-state index contributed by atoms with van der Waals surface area (Å²) in [6.45, 7) is 7.43. The first-order chi connectivity index (χ1) is 17.9. The van der Waals surface area contributed by atoms with Crippen LogP contribution in [0.4, 0.5) is 23.2 Å². The maximum absolute atomic E-state index is 13.5. The zero-order valence-corrected chi connectivity index (χ0v) is 21.5. The number of nitrogens with one attached hydrogen (secondary N) is 1. The number of aryl methyl sites for hydroxylation is 2. The third kappa shape index (κ3) is 7.64. The first kappa shape index (κ1) is 28.8. The summed E-state index contributed by atoms with van der Waals surface area (Å²) in [6.07, 6.45) is -2.94. The summed E-state index contributed by atoms with van der Waals surface area (Å²) in [5.74, 6) is -1.33. The average Bonchev–Trinajstić information content (AvgIpc) is 2.85. The van der Waals surface area contributed by atoms with Gasteiger partial charge in [-0.25, -0.2) is 14.4 Å². The van der Waals surface area contributed by atoms with Gasteiger partial charge in [0.25, 0.3) is 0 Å². The van der Waals surface area contributed by atoms with Gasteiger partial charge in [0.05, 0.1) is 16.9 Å². The number of alkyl halides is 3. The van der Waals surface area contributed by atoms with Crippen LogP contribution in [-0.4, -0.2) is 37.8 Å². The van der Waals surface area contributed by atoms with Crippen molar-refractivity contribution in [1.82, 2.24) is 20.3 Å². The first-order valence-electron chi connectivity index (χ1n) is 12.0. The van der Waals surface area contributed by atoms with Crippen LogP contribution >= 0.6 is 0 Å². The smallest absolute Gasteiger partial charge is 0.417 e. The van der Waals surface area contributed by atoms with Crippen molar-refractivity contribution in [1.29, 1.82) is 0 Å². The molecule has 2 unspecified atom stereocenters. The van der Waals surface area contributed by atoms with E-state index in [1.165, 1.54) is 18.2 Å². The molecule has 1 aromatic carbocycles. The second-order valence-corrected chi connectivity index (χ2v) is 9.07. The molecule has 0 radical (unpaired) electrons. The molecule has 0 bridgehead atoms. The van der Waals surface area contributed by atoms with Crippen molar-refractivity contribution in [3.63, 3.8) is 0 Å². The minimum absolute atomic E-state index is 0.0123. The zero-order valence-electron chi connectivity index (χ0n) is 21.5. The number of carboxylic acid groups (broad SMARTS) is 1. The molecule has 3 rings (SSSR count). The second-order valence-electron chi connectivity index (χ2n) is 9.07. The number of pyridine rings is 1. The van der Waals surface area contributed by atoms with Crippen molar-refractivity contribution >= 4 is 17.4 Å². The standard InChI is InChI=1S/C27H29F4N5O2/c1-5-15(2)23(36-21-9-7-19(28)10-16(21)3)12-24(26(37)38)33-14-20-11-17(4)34-25(35-20)22-8-6-18(13-32-22)27(29,30)31/h6-11,13,15,24,33H,5,12,14H2,1-4H3,(H,37,38). The van der Waals surface area contributed by atoms with Crippen LogP contribution in [0.3, 0.4) is 0 Å². The number of aliphatic carboxylic acids is 1. The highest BCUT2D eigenvalue weighted by Gasteiger charge is 2.31. The van der Waals surface area contributed by atoms with Gasteiger partial charge in [-0.05, 0) is 68.1 Å². The lowest BCUT2D eigenvalue weighted by Gasteiger charge is -2.20. The van der Waals surface area contributed by atoms with Gasteiger partial charge >= 0.3 is 12.1 Å². The topological polar surface area (TPSA) is 100 Å². The van der Waals surface area contributed by atoms with E-state index < -0.39 is 23.8 Å². The minimum atomic E-state index is -4.51. The fourth-order valence-corrected chi connectivity index (χ4v) is 3.71. The highest BCUT2D eigenvalue weighted by molar-refractivity contribution is 5.93. The van der Waals surface area contributed by atoms with E-state index in [2.05, 4.69) is 25.3 Å². The number of carbonyl (C=O) groups is 1. The third-order valence-electron chi connectivity index (χ3n) is 6.07. The van der Waals surface area contributed by atoms with Crippen LogP contribution in [0.1, 0.15) is 49.2 Å². The van der Waals surface area contributed by atoms with E-state index in [4.69, 9.17) is 0 Å². The van der Waals surface area contributed by atoms with Crippen molar-refractivity contribution in [3.05, 3.63) is 70.9 Å². The Hall–Kier alpha value is -3.73. The maximum atomic E-state index is 13.5. The van der Waals surface area contributed by atoms with E-state index in [9.17, 15) is 27.5 Å². The largest absolute Gasteiger partial charge is 0.480 e. The van der Waals surface area contributed by atoms with Crippen LogP contribution in [0, 0.1) is 25.6 Å². The van der Waals surface area contributed by atoms with Crippen LogP contribution in [-0.2, 0) is 17.5 Å². The van der Waals surface area contributed by atoms with Crippen LogP contribution in [0.15, 0.2) is 47.6 Å². The molecule has 2 atom stereocenters. The lowest BCUT2D eigenvalue weighted by molar-refractivity contribution is -0.139. The molecule has 0 spiro atoms. The van der Waals surface area contributed by atoms with E-state index >= 15 is 0 Å². The van der Waals surface area contributed by atoms with Crippen molar-refractivity contribution in [2.24, 2.45) is 10.9 Å². The number of hydrogen-bond acceptors (Lipinski definition) is 6. The molecule has 0 amide bonds. The van der Waals surface area contributed by atoms with Crippen molar-refractivity contribution in [2.45, 2.75) is 59.3 Å². The molecule has 0 aliphatic rings. The van der Waals surface area contributed by atoms with Crippen LogP contribution in [0.5, 0.6) is 0 Å². The maximum Gasteiger partial charge on any atom is 0.417 e. The van der Waals surface area contributed by atoms with E-state index in [0.29, 0.717) is 28.4 Å². The molecule has 0 saturated carbocycles. The molecule has 2 heterocycles. The highest BCUT2D eigenvalue weighted by Crippen LogP contribution is 2.29. The average molecular weight is 532 g/mol. The number of aliphatic imine (C=N–C) groups is 1. The first-order valence-corrected chi connectivity index (χ1v) is 12.0. The van der Waals surface area contributed by atoms with Gasteiger partial charge in [-0.2, -0.15) is 13.2 Å². The number of halogens is 4. The number of nitrogens with zero attached hydrogens (tertiary/aromatic N) is 4. The molecule has 0 saturated heterocycles. The van der Waals surface area contributed by atoms with Gasteiger partial charge in [0.1, 0.15) is 17.6 Å². The summed E-state index contributed by atoms with van der Waals surface area (Å²) in [4.78, 5) is 29.2. The molecule has 2 N–H and O–H groups in total. The van der Waals surface area contributed by atoms with Gasteiger partial charge in [0.2, 0.25) is 0 Å². The molecule has 3 aromatic rings. The van der Waals surface area contributed by atoms with E-state index in [-0.39, 0.29) is 36.2 Å². The second kappa shape index (κ2) is 12.2. The highest BCUT2D eigenvalue weighted by atomic mass is 19.4. The predicted octanol–water partition coefficient (Wildman–Crippen LogP) is 6.07. The monoisotopic (exact) mass is 531 g/mol. The SMILES string of the molecule is CCC(C)C(CC(NCc1cc(C)nc(-c2ccc(C(F)(F)F)cn2)n1)C(=O)O)=Nc1ccc(F)cc1C. The van der Waals surface area contributed by atoms with Gasteiger partial charge < -0.3 is 5.11 Å². The molecular formula is C27H29F4N5O2. The molecule has 38 heavy (non-hydrogen) atoms. The van der Waals surface area contributed by atoms with Gasteiger partial charge in [-0.1, -0.05) is 13.8 Å². The summed E-state index contributed by atoms with van der Waals surface area (Å²) < 4.78 is 52.1. The Balaban J connectivity index is 1.81. The minimum Gasteiger partial charge on any atom is -0.480 e. The molecular weight excluding hydrogens is 502 g/mol. The molecule has 2 aromatic heterocycles. The summed E-state index contributed by atoms with van der Waals surface area (Å²) in [5.41, 5.74) is 2.17. The summed E-state index contributed by atoms with van der Waals surface area (Å²) in [6, 6.07) is 7.02. The van der Waals surface area contributed by atoms with Gasteiger partial charge in [-0.3, -0.25) is 20.1 Å². The fraction of sp³-hybridized carbons (Fsp3) is 0.370. The van der Waals surface area contributed by atoms with Crippen LogP contribution in [0.25, 0.3) is 11.5 Å².